The third-order valence-corrected chi connectivity index (χ3v) is 4.33. The van der Waals surface area contributed by atoms with Crippen LogP contribution in [0.15, 0.2) is 30.3 Å². The maximum absolute atomic E-state index is 11.2. The van der Waals surface area contributed by atoms with Gasteiger partial charge in [-0.25, -0.2) is 0 Å². The molecule has 0 spiro atoms. The van der Waals surface area contributed by atoms with Gasteiger partial charge >= 0.3 is 0 Å². The number of hydrogen-bond donors (Lipinski definition) is 1. The largest absolute Gasteiger partial charge is 0.389 e. The molecule has 0 amide bonds. The van der Waals surface area contributed by atoms with E-state index in [-0.39, 0.29) is 5.69 Å². The molecule has 1 aromatic heterocycles. The second kappa shape index (κ2) is 6.43. The molecule has 1 atom stereocenters. The van der Waals surface area contributed by atoms with Crippen LogP contribution in [0.3, 0.4) is 0 Å². The number of nitro benzene ring substituents is 1. The molecule has 0 saturated carbocycles. The molecule has 7 heteroatoms. The lowest BCUT2D eigenvalue weighted by Gasteiger charge is -2.19. The minimum atomic E-state index is -0.737. The van der Waals surface area contributed by atoms with Crippen molar-refractivity contribution in [2.45, 2.75) is 19.6 Å². The Morgan fingerprint density at radius 3 is 2.67 bits per heavy atom. The summed E-state index contributed by atoms with van der Waals surface area (Å²) in [5.41, 5.74) is 1.02. The summed E-state index contributed by atoms with van der Waals surface area (Å²) in [7, 11) is 1.79. The highest BCUT2D eigenvalue weighted by Crippen LogP contribution is 2.32. The zero-order valence-electron chi connectivity index (χ0n) is 11.6. The summed E-state index contributed by atoms with van der Waals surface area (Å²) in [6.45, 7) is 2.11. The van der Waals surface area contributed by atoms with Gasteiger partial charge in [0.25, 0.3) is 5.69 Å². The molecular weight excluding hydrogens is 312 g/mol. The first-order valence-corrected chi connectivity index (χ1v) is 7.49. The van der Waals surface area contributed by atoms with E-state index in [9.17, 15) is 15.2 Å². The number of nitrogens with zero attached hydrogens (tertiary/aromatic N) is 2. The van der Waals surface area contributed by atoms with E-state index in [2.05, 4.69) is 0 Å². The third kappa shape index (κ3) is 3.72. The molecule has 1 aromatic carbocycles. The van der Waals surface area contributed by atoms with Crippen molar-refractivity contribution in [3.8, 4) is 0 Å². The highest BCUT2D eigenvalue weighted by atomic mass is 35.5. The quantitative estimate of drug-likeness (QED) is 0.666. The fraction of sp³-hybridized carbons (Fsp3) is 0.286. The maximum Gasteiger partial charge on any atom is 0.292 e. The van der Waals surface area contributed by atoms with Crippen LogP contribution in [0.5, 0.6) is 0 Å². The van der Waals surface area contributed by atoms with E-state index in [1.807, 2.05) is 6.07 Å². The fourth-order valence-corrected chi connectivity index (χ4v) is 3.17. The number of aliphatic hydroxyl groups excluding tert-OH is 1. The highest BCUT2D eigenvalue weighted by molar-refractivity contribution is 7.16. The molecular formula is C14H15ClN2O3S. The first-order chi connectivity index (χ1) is 9.88. The van der Waals surface area contributed by atoms with Crippen molar-refractivity contribution in [2.24, 2.45) is 0 Å². The minimum absolute atomic E-state index is 0.0152. The average molecular weight is 327 g/mol. The van der Waals surface area contributed by atoms with E-state index < -0.39 is 11.0 Å². The van der Waals surface area contributed by atoms with Crippen molar-refractivity contribution in [1.29, 1.82) is 0 Å². The zero-order chi connectivity index (χ0) is 15.6. The molecule has 5 nitrogen and oxygen atoms in total. The lowest BCUT2D eigenvalue weighted by Crippen LogP contribution is -2.17. The van der Waals surface area contributed by atoms with Gasteiger partial charge in [0.1, 0.15) is 5.69 Å². The van der Waals surface area contributed by atoms with E-state index in [1.54, 1.807) is 37.1 Å². The molecule has 21 heavy (non-hydrogen) atoms. The monoisotopic (exact) mass is 326 g/mol. The van der Waals surface area contributed by atoms with Crippen LogP contribution in [0.4, 0.5) is 11.4 Å². The van der Waals surface area contributed by atoms with Crippen LogP contribution >= 0.6 is 22.9 Å². The van der Waals surface area contributed by atoms with Crippen LogP contribution < -0.4 is 4.90 Å². The Hall–Kier alpha value is -1.63. The summed E-state index contributed by atoms with van der Waals surface area (Å²) >= 11 is 7.34. The SMILES string of the molecule is C[C@@H](O)c1ccc(N(C)Cc2ccc(Cl)s2)c([N+](=O)[O-])c1. The van der Waals surface area contributed by atoms with Gasteiger partial charge in [-0.3, -0.25) is 10.1 Å². The Bertz CT molecular complexity index is 657. The number of benzene rings is 1. The van der Waals surface area contributed by atoms with Gasteiger partial charge in [0.05, 0.1) is 21.9 Å². The van der Waals surface area contributed by atoms with Gasteiger partial charge in [-0.1, -0.05) is 17.7 Å². The number of rotatable bonds is 5. The first kappa shape index (κ1) is 15.8. The molecule has 0 aliphatic carbocycles. The first-order valence-electron chi connectivity index (χ1n) is 6.30. The standard InChI is InChI=1S/C14H15ClN2O3S/c1-9(18)10-3-5-12(13(7-10)17(19)20)16(2)8-11-4-6-14(15)21-11/h3-7,9,18H,8H2,1-2H3/t9-/m1/s1. The topological polar surface area (TPSA) is 66.6 Å². The predicted octanol–water partition coefficient (Wildman–Crippen LogP) is 4.00. The smallest absolute Gasteiger partial charge is 0.292 e. The highest BCUT2D eigenvalue weighted by Gasteiger charge is 2.19. The normalized spacial score (nSPS) is 12.2. The van der Waals surface area contributed by atoms with Crippen molar-refractivity contribution in [1.82, 2.24) is 0 Å². The third-order valence-electron chi connectivity index (χ3n) is 3.11. The summed E-state index contributed by atoms with van der Waals surface area (Å²) in [6.07, 6.45) is -0.737. The number of anilines is 1. The van der Waals surface area contributed by atoms with Crippen LogP contribution in [0, 0.1) is 10.1 Å². The molecule has 0 fully saturated rings. The van der Waals surface area contributed by atoms with Gasteiger partial charge in [-0.2, -0.15) is 0 Å². The second-order valence-electron chi connectivity index (χ2n) is 4.74. The van der Waals surface area contributed by atoms with E-state index in [1.165, 1.54) is 17.4 Å². The Morgan fingerprint density at radius 2 is 2.14 bits per heavy atom. The summed E-state index contributed by atoms with van der Waals surface area (Å²) in [5.74, 6) is 0. The van der Waals surface area contributed by atoms with Gasteiger partial charge in [-0.15, -0.1) is 11.3 Å². The lowest BCUT2D eigenvalue weighted by atomic mass is 10.1. The molecule has 2 aromatic rings. The van der Waals surface area contributed by atoms with Gasteiger partial charge in [0, 0.05) is 18.0 Å². The van der Waals surface area contributed by atoms with Crippen molar-refractivity contribution < 1.29 is 10.0 Å². The van der Waals surface area contributed by atoms with Crippen molar-refractivity contribution in [2.75, 3.05) is 11.9 Å². The van der Waals surface area contributed by atoms with Crippen LogP contribution in [-0.4, -0.2) is 17.1 Å². The van der Waals surface area contributed by atoms with E-state index in [0.717, 1.165) is 4.88 Å². The van der Waals surface area contributed by atoms with E-state index in [0.29, 0.717) is 22.1 Å². The summed E-state index contributed by atoms with van der Waals surface area (Å²) in [4.78, 5) is 13.6. The Balaban J connectivity index is 2.31. The molecule has 0 unspecified atom stereocenters. The average Bonchev–Trinajstić information content (AvgIpc) is 2.83. The van der Waals surface area contributed by atoms with Crippen molar-refractivity contribution in [3.05, 3.63) is 55.2 Å². The van der Waals surface area contributed by atoms with Gasteiger partial charge in [0.2, 0.25) is 0 Å². The fourth-order valence-electron chi connectivity index (χ4n) is 2.02. The number of halogens is 1. The number of hydrogen-bond acceptors (Lipinski definition) is 5. The van der Waals surface area contributed by atoms with Crippen LogP contribution in [-0.2, 0) is 6.54 Å². The Kier molecular flexibility index (Phi) is 4.82. The molecule has 0 aliphatic heterocycles. The summed E-state index contributed by atoms with van der Waals surface area (Å²) in [5, 5.41) is 20.8. The maximum atomic E-state index is 11.2. The zero-order valence-corrected chi connectivity index (χ0v) is 13.2. The summed E-state index contributed by atoms with van der Waals surface area (Å²) < 4.78 is 0.692. The van der Waals surface area contributed by atoms with Gasteiger partial charge in [-0.05, 0) is 30.7 Å². The molecule has 1 N–H and O–H groups in total. The lowest BCUT2D eigenvalue weighted by molar-refractivity contribution is -0.384. The second-order valence-corrected chi connectivity index (χ2v) is 6.54. The van der Waals surface area contributed by atoms with Crippen LogP contribution in [0.25, 0.3) is 0 Å². The van der Waals surface area contributed by atoms with Gasteiger partial charge < -0.3 is 10.0 Å². The molecule has 0 bridgehead atoms. The van der Waals surface area contributed by atoms with Gasteiger partial charge in [0.15, 0.2) is 0 Å². The van der Waals surface area contributed by atoms with E-state index >= 15 is 0 Å². The number of aliphatic hydroxyl groups is 1. The molecule has 2 rings (SSSR count). The minimum Gasteiger partial charge on any atom is -0.389 e. The van der Waals surface area contributed by atoms with Crippen LogP contribution in [0.2, 0.25) is 4.34 Å². The van der Waals surface area contributed by atoms with Crippen molar-refractivity contribution in [3.63, 3.8) is 0 Å². The van der Waals surface area contributed by atoms with E-state index in [4.69, 9.17) is 11.6 Å². The van der Waals surface area contributed by atoms with Crippen LogP contribution in [0.1, 0.15) is 23.5 Å². The molecule has 1 heterocycles. The molecule has 0 saturated heterocycles. The number of nitro groups is 1. The molecule has 112 valence electrons. The Morgan fingerprint density at radius 1 is 1.43 bits per heavy atom. The van der Waals surface area contributed by atoms with Crippen molar-refractivity contribution >= 4 is 34.3 Å². The summed E-state index contributed by atoms with van der Waals surface area (Å²) in [6, 6.07) is 8.48. The molecule has 0 aliphatic rings. The molecule has 0 radical (unpaired) electrons. The number of thiophene rings is 1. The predicted molar refractivity (Wildman–Crippen MR) is 85.2 cm³/mol. The Labute approximate surface area is 131 Å².